The van der Waals surface area contributed by atoms with Crippen molar-refractivity contribution in [3.05, 3.63) is 29.8 Å². The molecule has 0 bridgehead atoms. The van der Waals surface area contributed by atoms with Crippen LogP contribution in [0.4, 0.5) is 5.69 Å². The maximum Gasteiger partial charge on any atom is 0.227 e. The Kier molecular flexibility index (Phi) is 5.20. The van der Waals surface area contributed by atoms with E-state index >= 15 is 0 Å². The fraction of sp³-hybridized carbons (Fsp3) is 0.533. The van der Waals surface area contributed by atoms with Crippen molar-refractivity contribution in [3.8, 4) is 0 Å². The van der Waals surface area contributed by atoms with Gasteiger partial charge in [0.25, 0.3) is 0 Å². The van der Waals surface area contributed by atoms with Crippen molar-refractivity contribution >= 4 is 11.6 Å². The molecule has 0 aliphatic rings. The van der Waals surface area contributed by atoms with Crippen LogP contribution in [0.5, 0.6) is 0 Å². The van der Waals surface area contributed by atoms with Gasteiger partial charge in [0.15, 0.2) is 0 Å². The van der Waals surface area contributed by atoms with Gasteiger partial charge in [-0.25, -0.2) is 0 Å². The molecule has 3 N–H and O–H groups in total. The summed E-state index contributed by atoms with van der Waals surface area (Å²) in [6, 6.07) is 7.72. The number of nitrogen functional groups attached to an aromatic ring is 1. The Balaban J connectivity index is 2.61. The van der Waals surface area contributed by atoms with Gasteiger partial charge in [-0.15, -0.1) is 0 Å². The minimum absolute atomic E-state index is 0.0637. The Hall–Kier alpha value is -1.51. The van der Waals surface area contributed by atoms with Crippen molar-refractivity contribution in [2.45, 2.75) is 46.1 Å². The quantitative estimate of drug-likeness (QED) is 0.787. The van der Waals surface area contributed by atoms with E-state index in [1.54, 1.807) is 0 Å². The molecule has 2 unspecified atom stereocenters. The average molecular weight is 248 g/mol. The molecule has 0 radical (unpaired) electrons. The zero-order valence-corrected chi connectivity index (χ0v) is 11.7. The standard InChI is InChI=1S/C15H24N2O/c1-10(2)8-11(3)17-15(18)12(4)13-6-5-7-14(16)9-13/h5-7,9-12H,8,16H2,1-4H3,(H,17,18). The van der Waals surface area contributed by atoms with Gasteiger partial charge in [0.2, 0.25) is 5.91 Å². The third-order valence-corrected chi connectivity index (χ3v) is 3.02. The summed E-state index contributed by atoms with van der Waals surface area (Å²) in [6.45, 7) is 8.27. The van der Waals surface area contributed by atoms with Crippen molar-refractivity contribution in [1.82, 2.24) is 5.32 Å². The lowest BCUT2D eigenvalue weighted by Crippen LogP contribution is -2.36. The number of hydrogen-bond donors (Lipinski definition) is 2. The summed E-state index contributed by atoms with van der Waals surface area (Å²) in [7, 11) is 0. The Morgan fingerprint density at radius 3 is 2.50 bits per heavy atom. The lowest BCUT2D eigenvalue weighted by molar-refractivity contribution is -0.122. The van der Waals surface area contributed by atoms with Gasteiger partial charge in [-0.3, -0.25) is 4.79 Å². The van der Waals surface area contributed by atoms with E-state index in [9.17, 15) is 4.79 Å². The molecule has 2 atom stereocenters. The molecule has 0 aliphatic carbocycles. The van der Waals surface area contributed by atoms with Crippen molar-refractivity contribution in [2.75, 3.05) is 5.73 Å². The predicted molar refractivity (Wildman–Crippen MR) is 76.3 cm³/mol. The van der Waals surface area contributed by atoms with Crippen LogP contribution in [0.1, 0.15) is 45.6 Å². The lowest BCUT2D eigenvalue weighted by atomic mass is 9.98. The van der Waals surface area contributed by atoms with Crippen LogP contribution in [0.15, 0.2) is 24.3 Å². The van der Waals surface area contributed by atoms with Crippen molar-refractivity contribution in [3.63, 3.8) is 0 Å². The van der Waals surface area contributed by atoms with Gasteiger partial charge >= 0.3 is 0 Å². The number of carbonyl (C=O) groups is 1. The number of nitrogens with one attached hydrogen (secondary N) is 1. The third-order valence-electron chi connectivity index (χ3n) is 3.02. The number of hydrogen-bond acceptors (Lipinski definition) is 2. The third kappa shape index (κ3) is 4.40. The van der Waals surface area contributed by atoms with E-state index in [-0.39, 0.29) is 17.9 Å². The second kappa shape index (κ2) is 6.43. The highest BCUT2D eigenvalue weighted by atomic mass is 16.1. The van der Waals surface area contributed by atoms with Crippen molar-refractivity contribution in [2.24, 2.45) is 5.92 Å². The number of nitrogens with two attached hydrogens (primary N) is 1. The smallest absolute Gasteiger partial charge is 0.227 e. The molecule has 3 nitrogen and oxygen atoms in total. The molecular weight excluding hydrogens is 224 g/mol. The molecule has 18 heavy (non-hydrogen) atoms. The van der Waals surface area contributed by atoms with Gasteiger partial charge in [-0.1, -0.05) is 26.0 Å². The molecule has 1 amide bonds. The molecule has 1 aromatic carbocycles. The summed E-state index contributed by atoms with van der Waals surface area (Å²) in [5.74, 6) is 0.486. The molecule has 0 aliphatic heterocycles. The summed E-state index contributed by atoms with van der Waals surface area (Å²) in [5.41, 5.74) is 7.39. The first kappa shape index (κ1) is 14.6. The van der Waals surface area contributed by atoms with Gasteiger partial charge < -0.3 is 11.1 Å². The van der Waals surface area contributed by atoms with Crippen LogP contribution in [0.25, 0.3) is 0 Å². The van der Waals surface area contributed by atoms with E-state index in [2.05, 4.69) is 19.2 Å². The number of rotatable bonds is 5. The number of anilines is 1. The van der Waals surface area contributed by atoms with Crippen LogP contribution in [0, 0.1) is 5.92 Å². The van der Waals surface area contributed by atoms with E-state index in [1.807, 2.05) is 38.1 Å². The summed E-state index contributed by atoms with van der Waals surface area (Å²) in [4.78, 5) is 12.1. The molecule has 0 heterocycles. The molecule has 100 valence electrons. The molecule has 0 spiro atoms. The molecule has 0 saturated carbocycles. The average Bonchev–Trinajstić information content (AvgIpc) is 2.26. The highest BCUT2D eigenvalue weighted by Gasteiger charge is 2.17. The molecule has 3 heteroatoms. The SMILES string of the molecule is CC(C)CC(C)NC(=O)C(C)c1cccc(N)c1. The van der Waals surface area contributed by atoms with Crippen LogP contribution in [-0.4, -0.2) is 11.9 Å². The zero-order valence-electron chi connectivity index (χ0n) is 11.7. The van der Waals surface area contributed by atoms with E-state index in [4.69, 9.17) is 5.73 Å². The van der Waals surface area contributed by atoms with Crippen molar-refractivity contribution < 1.29 is 4.79 Å². The summed E-state index contributed by atoms with van der Waals surface area (Å²) >= 11 is 0. The lowest BCUT2D eigenvalue weighted by Gasteiger charge is -2.19. The first-order chi connectivity index (χ1) is 8.40. The summed E-state index contributed by atoms with van der Waals surface area (Å²) in [5, 5.41) is 3.05. The first-order valence-corrected chi connectivity index (χ1v) is 6.56. The highest BCUT2D eigenvalue weighted by Crippen LogP contribution is 2.18. The van der Waals surface area contributed by atoms with Gasteiger partial charge in [-0.05, 0) is 43.9 Å². The number of amides is 1. The normalized spacial score (nSPS) is 14.3. The van der Waals surface area contributed by atoms with E-state index in [0.29, 0.717) is 11.6 Å². The Morgan fingerprint density at radius 1 is 1.28 bits per heavy atom. The fourth-order valence-corrected chi connectivity index (χ4v) is 2.11. The number of carbonyl (C=O) groups excluding carboxylic acids is 1. The Labute approximate surface area is 110 Å². The van der Waals surface area contributed by atoms with E-state index < -0.39 is 0 Å². The van der Waals surface area contributed by atoms with E-state index in [1.165, 1.54) is 0 Å². The Bertz CT molecular complexity index is 401. The monoisotopic (exact) mass is 248 g/mol. The minimum Gasteiger partial charge on any atom is -0.399 e. The summed E-state index contributed by atoms with van der Waals surface area (Å²) in [6.07, 6.45) is 0.995. The maximum absolute atomic E-state index is 12.1. The second-order valence-corrected chi connectivity index (χ2v) is 5.43. The van der Waals surface area contributed by atoms with Gasteiger partial charge in [0, 0.05) is 11.7 Å². The maximum atomic E-state index is 12.1. The molecular formula is C15H24N2O. The van der Waals surface area contributed by atoms with Crippen LogP contribution in [-0.2, 0) is 4.79 Å². The van der Waals surface area contributed by atoms with Gasteiger partial charge in [0.05, 0.1) is 5.92 Å². The summed E-state index contributed by atoms with van der Waals surface area (Å²) < 4.78 is 0. The Morgan fingerprint density at radius 2 is 1.94 bits per heavy atom. The number of benzene rings is 1. The van der Waals surface area contributed by atoms with Crippen molar-refractivity contribution in [1.29, 1.82) is 0 Å². The van der Waals surface area contributed by atoms with Gasteiger partial charge in [-0.2, -0.15) is 0 Å². The highest BCUT2D eigenvalue weighted by molar-refractivity contribution is 5.83. The molecule has 1 rings (SSSR count). The van der Waals surface area contributed by atoms with Crippen LogP contribution in [0.2, 0.25) is 0 Å². The molecule has 0 saturated heterocycles. The van der Waals surface area contributed by atoms with E-state index in [0.717, 1.165) is 12.0 Å². The van der Waals surface area contributed by atoms with Crippen LogP contribution < -0.4 is 11.1 Å². The fourth-order valence-electron chi connectivity index (χ4n) is 2.11. The molecule has 1 aromatic rings. The topological polar surface area (TPSA) is 55.1 Å². The first-order valence-electron chi connectivity index (χ1n) is 6.56. The molecule has 0 fully saturated rings. The minimum atomic E-state index is -0.164. The predicted octanol–water partition coefficient (Wildman–Crippen LogP) is 2.92. The van der Waals surface area contributed by atoms with Crippen LogP contribution in [0.3, 0.4) is 0 Å². The second-order valence-electron chi connectivity index (χ2n) is 5.43. The zero-order chi connectivity index (χ0) is 13.7. The van der Waals surface area contributed by atoms with Gasteiger partial charge in [0.1, 0.15) is 0 Å². The largest absolute Gasteiger partial charge is 0.399 e. The molecule has 0 aromatic heterocycles. The van der Waals surface area contributed by atoms with Crippen LogP contribution >= 0.6 is 0 Å².